The first-order chi connectivity index (χ1) is 8.74. The minimum atomic E-state index is 0.204. The Hall–Kier alpha value is -0.960. The smallest absolute Gasteiger partial charge is 0.282 e. The van der Waals surface area contributed by atoms with Gasteiger partial charge in [0, 0.05) is 6.54 Å². The van der Waals surface area contributed by atoms with E-state index in [4.69, 9.17) is 0 Å². The predicted molar refractivity (Wildman–Crippen MR) is 80.0 cm³/mol. The molecule has 0 fully saturated rings. The molecule has 18 heavy (non-hydrogen) atoms. The Bertz CT molecular complexity index is 353. The van der Waals surface area contributed by atoms with Crippen LogP contribution in [0.5, 0.6) is 0 Å². The molecular formula is C15H23NOS. The SMILES string of the molecule is CCCN(C(=O)SCC)C(CC)c1ccccc1. The van der Waals surface area contributed by atoms with Gasteiger partial charge in [-0.05, 0) is 24.2 Å². The molecule has 3 heteroatoms. The summed E-state index contributed by atoms with van der Waals surface area (Å²) in [5.41, 5.74) is 1.23. The number of nitrogens with zero attached hydrogens (tertiary/aromatic N) is 1. The van der Waals surface area contributed by atoms with Gasteiger partial charge in [0.2, 0.25) is 0 Å². The first kappa shape index (κ1) is 15.1. The van der Waals surface area contributed by atoms with Crippen molar-refractivity contribution in [3.63, 3.8) is 0 Å². The first-order valence-electron chi connectivity index (χ1n) is 6.72. The third-order valence-electron chi connectivity index (χ3n) is 2.91. The van der Waals surface area contributed by atoms with Crippen molar-refractivity contribution in [2.75, 3.05) is 12.3 Å². The Morgan fingerprint density at radius 3 is 2.39 bits per heavy atom. The fourth-order valence-electron chi connectivity index (χ4n) is 2.13. The molecule has 2 nitrogen and oxygen atoms in total. The Morgan fingerprint density at radius 2 is 1.89 bits per heavy atom. The molecule has 0 radical (unpaired) electrons. The summed E-state index contributed by atoms with van der Waals surface area (Å²) >= 11 is 1.40. The minimum Gasteiger partial charge on any atom is -0.327 e. The van der Waals surface area contributed by atoms with Crippen LogP contribution in [0.25, 0.3) is 0 Å². The molecule has 0 saturated carbocycles. The van der Waals surface area contributed by atoms with Crippen molar-refractivity contribution < 1.29 is 4.79 Å². The number of hydrogen-bond donors (Lipinski definition) is 0. The lowest BCUT2D eigenvalue weighted by molar-refractivity contribution is 0.197. The summed E-state index contributed by atoms with van der Waals surface area (Å²) in [6, 6.07) is 10.5. The van der Waals surface area contributed by atoms with Crippen molar-refractivity contribution in [1.29, 1.82) is 0 Å². The molecule has 1 aromatic carbocycles. The normalized spacial score (nSPS) is 12.2. The molecule has 0 spiro atoms. The van der Waals surface area contributed by atoms with Crippen LogP contribution in [0.1, 0.15) is 45.2 Å². The first-order valence-corrected chi connectivity index (χ1v) is 7.71. The van der Waals surface area contributed by atoms with Gasteiger partial charge in [-0.2, -0.15) is 0 Å². The largest absolute Gasteiger partial charge is 0.327 e. The summed E-state index contributed by atoms with van der Waals surface area (Å²) in [6.45, 7) is 7.12. The second-order valence-electron chi connectivity index (χ2n) is 4.23. The van der Waals surface area contributed by atoms with Gasteiger partial charge in [-0.1, -0.05) is 62.9 Å². The van der Waals surface area contributed by atoms with E-state index >= 15 is 0 Å². The van der Waals surface area contributed by atoms with Gasteiger partial charge < -0.3 is 4.90 Å². The molecule has 1 aromatic rings. The van der Waals surface area contributed by atoms with E-state index in [2.05, 4.69) is 26.0 Å². The molecule has 0 heterocycles. The van der Waals surface area contributed by atoms with Crippen LogP contribution in [-0.2, 0) is 0 Å². The zero-order valence-corrected chi connectivity index (χ0v) is 12.4. The standard InChI is InChI=1S/C15H23NOS/c1-4-12-16(15(17)18-6-3)14(5-2)13-10-8-7-9-11-13/h7-11,14H,4-6,12H2,1-3H3. The molecule has 0 N–H and O–H groups in total. The second-order valence-corrected chi connectivity index (χ2v) is 5.44. The molecule has 0 aliphatic rings. The molecule has 1 unspecified atom stereocenters. The van der Waals surface area contributed by atoms with E-state index in [1.807, 2.05) is 30.0 Å². The Labute approximate surface area is 115 Å². The maximum atomic E-state index is 12.2. The monoisotopic (exact) mass is 265 g/mol. The quantitative estimate of drug-likeness (QED) is 0.741. The lowest BCUT2D eigenvalue weighted by Gasteiger charge is -2.31. The maximum Gasteiger partial charge on any atom is 0.282 e. The molecule has 1 amide bonds. The number of carbonyl (C=O) groups excluding carboxylic acids is 1. The van der Waals surface area contributed by atoms with Crippen molar-refractivity contribution in [3.05, 3.63) is 35.9 Å². The van der Waals surface area contributed by atoms with Gasteiger partial charge >= 0.3 is 0 Å². The lowest BCUT2D eigenvalue weighted by Crippen LogP contribution is -2.32. The van der Waals surface area contributed by atoms with Crippen LogP contribution in [0, 0.1) is 0 Å². The van der Waals surface area contributed by atoms with Gasteiger partial charge in [-0.25, -0.2) is 0 Å². The van der Waals surface area contributed by atoms with E-state index in [9.17, 15) is 4.79 Å². The van der Waals surface area contributed by atoms with Crippen molar-refractivity contribution in [2.24, 2.45) is 0 Å². The minimum absolute atomic E-state index is 0.204. The fraction of sp³-hybridized carbons (Fsp3) is 0.533. The zero-order chi connectivity index (χ0) is 13.4. The number of rotatable bonds is 6. The van der Waals surface area contributed by atoms with Gasteiger partial charge in [0.25, 0.3) is 5.24 Å². The van der Waals surface area contributed by atoms with Gasteiger partial charge in [0.05, 0.1) is 6.04 Å². The molecule has 1 rings (SSSR count). The molecule has 0 bridgehead atoms. The van der Waals surface area contributed by atoms with Crippen LogP contribution in [0.4, 0.5) is 4.79 Å². The lowest BCUT2D eigenvalue weighted by atomic mass is 10.0. The van der Waals surface area contributed by atoms with E-state index in [0.29, 0.717) is 0 Å². The molecule has 0 aliphatic heterocycles. The average Bonchev–Trinajstić information content (AvgIpc) is 2.40. The topological polar surface area (TPSA) is 20.3 Å². The van der Waals surface area contributed by atoms with Crippen molar-refractivity contribution in [2.45, 2.75) is 39.7 Å². The van der Waals surface area contributed by atoms with Gasteiger partial charge in [0.1, 0.15) is 0 Å². The van der Waals surface area contributed by atoms with Crippen LogP contribution in [0.15, 0.2) is 30.3 Å². The van der Waals surface area contributed by atoms with Crippen molar-refractivity contribution >= 4 is 17.0 Å². The highest BCUT2D eigenvalue weighted by Gasteiger charge is 2.22. The zero-order valence-electron chi connectivity index (χ0n) is 11.6. The Kier molecular flexibility index (Phi) is 6.88. The van der Waals surface area contributed by atoms with Gasteiger partial charge in [-0.15, -0.1) is 0 Å². The highest BCUT2D eigenvalue weighted by Crippen LogP contribution is 2.27. The fourth-order valence-corrected chi connectivity index (χ4v) is 2.76. The van der Waals surface area contributed by atoms with Crippen LogP contribution < -0.4 is 0 Å². The maximum absolute atomic E-state index is 12.2. The predicted octanol–water partition coefficient (Wildman–Crippen LogP) is 4.72. The van der Waals surface area contributed by atoms with Crippen LogP contribution in [0.2, 0.25) is 0 Å². The van der Waals surface area contributed by atoms with Crippen LogP contribution in [-0.4, -0.2) is 22.4 Å². The summed E-state index contributed by atoms with van der Waals surface area (Å²) in [6.07, 6.45) is 1.96. The summed E-state index contributed by atoms with van der Waals surface area (Å²) < 4.78 is 0. The number of hydrogen-bond acceptors (Lipinski definition) is 2. The highest BCUT2D eigenvalue weighted by molar-refractivity contribution is 8.13. The summed E-state index contributed by atoms with van der Waals surface area (Å²) in [4.78, 5) is 14.2. The Morgan fingerprint density at radius 1 is 1.22 bits per heavy atom. The molecule has 0 aromatic heterocycles. The number of carbonyl (C=O) groups is 1. The molecule has 100 valence electrons. The van der Waals surface area contributed by atoms with Gasteiger partial charge in [-0.3, -0.25) is 4.79 Å². The third kappa shape index (κ3) is 4.05. The van der Waals surface area contributed by atoms with E-state index in [1.165, 1.54) is 17.3 Å². The van der Waals surface area contributed by atoms with Crippen molar-refractivity contribution in [3.8, 4) is 0 Å². The highest BCUT2D eigenvalue weighted by atomic mass is 32.2. The van der Waals surface area contributed by atoms with E-state index in [-0.39, 0.29) is 11.3 Å². The molecule has 0 saturated heterocycles. The van der Waals surface area contributed by atoms with E-state index in [1.54, 1.807) is 0 Å². The van der Waals surface area contributed by atoms with E-state index in [0.717, 1.165) is 25.1 Å². The number of benzene rings is 1. The van der Waals surface area contributed by atoms with E-state index < -0.39 is 0 Å². The second kappa shape index (κ2) is 8.20. The molecular weight excluding hydrogens is 242 g/mol. The van der Waals surface area contributed by atoms with Crippen LogP contribution >= 0.6 is 11.8 Å². The third-order valence-corrected chi connectivity index (χ3v) is 3.68. The molecule has 1 atom stereocenters. The van der Waals surface area contributed by atoms with Crippen LogP contribution in [0.3, 0.4) is 0 Å². The van der Waals surface area contributed by atoms with Gasteiger partial charge in [0.15, 0.2) is 0 Å². The number of amides is 1. The summed E-state index contributed by atoms with van der Waals surface area (Å²) in [5.74, 6) is 0.838. The number of thioether (sulfide) groups is 1. The summed E-state index contributed by atoms with van der Waals surface area (Å²) in [5, 5.41) is 0.204. The summed E-state index contributed by atoms with van der Waals surface area (Å²) in [7, 11) is 0. The average molecular weight is 265 g/mol. The Balaban J connectivity index is 2.90. The van der Waals surface area contributed by atoms with Crippen molar-refractivity contribution in [1.82, 2.24) is 4.90 Å². The molecule has 0 aliphatic carbocycles.